The number of carboxylic acid groups (broad SMARTS) is 1. The highest BCUT2D eigenvalue weighted by Crippen LogP contribution is 2.21. The fourth-order valence-electron chi connectivity index (χ4n) is 2.33. The lowest BCUT2D eigenvalue weighted by Crippen LogP contribution is -2.35. The lowest BCUT2D eigenvalue weighted by molar-refractivity contribution is -0.142. The molecular formula is C17H20N2O3S. The van der Waals surface area contributed by atoms with Crippen molar-refractivity contribution in [2.75, 3.05) is 0 Å². The quantitative estimate of drug-likeness (QED) is 0.852. The van der Waals surface area contributed by atoms with Gasteiger partial charge in [0.1, 0.15) is 0 Å². The summed E-state index contributed by atoms with van der Waals surface area (Å²) in [6.45, 7) is 5.78. The van der Waals surface area contributed by atoms with Crippen LogP contribution >= 0.6 is 11.3 Å². The Morgan fingerprint density at radius 3 is 2.70 bits per heavy atom. The van der Waals surface area contributed by atoms with Gasteiger partial charge in [0.2, 0.25) is 5.91 Å². The Bertz CT molecular complexity index is 724. The van der Waals surface area contributed by atoms with Gasteiger partial charge in [0.15, 0.2) is 6.04 Å². The van der Waals surface area contributed by atoms with Gasteiger partial charge in [0.25, 0.3) is 0 Å². The number of rotatable bonds is 6. The maximum atomic E-state index is 12.2. The summed E-state index contributed by atoms with van der Waals surface area (Å²) in [5, 5.41) is 14.9. The van der Waals surface area contributed by atoms with Crippen LogP contribution in [-0.4, -0.2) is 22.0 Å². The Morgan fingerprint density at radius 2 is 2.09 bits per heavy atom. The van der Waals surface area contributed by atoms with Crippen LogP contribution in [0.3, 0.4) is 0 Å². The van der Waals surface area contributed by atoms with Crippen molar-refractivity contribution >= 4 is 23.2 Å². The van der Waals surface area contributed by atoms with Gasteiger partial charge in [0, 0.05) is 5.38 Å². The molecule has 1 aromatic carbocycles. The molecule has 23 heavy (non-hydrogen) atoms. The van der Waals surface area contributed by atoms with E-state index in [-0.39, 0.29) is 12.3 Å². The molecule has 0 aliphatic rings. The van der Waals surface area contributed by atoms with E-state index in [0.717, 1.165) is 22.6 Å². The molecule has 0 aliphatic carbocycles. The van der Waals surface area contributed by atoms with Crippen LogP contribution in [0.1, 0.15) is 40.4 Å². The van der Waals surface area contributed by atoms with Crippen molar-refractivity contribution in [2.24, 2.45) is 0 Å². The van der Waals surface area contributed by atoms with Gasteiger partial charge in [-0.1, -0.05) is 25.1 Å². The number of aryl methyl sites for hydroxylation is 2. The Kier molecular flexibility index (Phi) is 5.50. The van der Waals surface area contributed by atoms with E-state index >= 15 is 0 Å². The first-order valence-corrected chi connectivity index (χ1v) is 8.32. The van der Waals surface area contributed by atoms with Crippen molar-refractivity contribution in [2.45, 2.75) is 39.7 Å². The van der Waals surface area contributed by atoms with E-state index in [4.69, 9.17) is 0 Å². The van der Waals surface area contributed by atoms with Crippen molar-refractivity contribution in [3.63, 3.8) is 0 Å². The standard InChI is InChI=1S/C17H20N2O3S/c1-4-15-18-12(9-23-15)8-14(20)19-16(17(21)22)13-7-5-6-10(2)11(13)3/h5-7,9,16H,4,8H2,1-3H3,(H,19,20)(H,21,22). The molecule has 6 heteroatoms. The predicted molar refractivity (Wildman–Crippen MR) is 89.6 cm³/mol. The summed E-state index contributed by atoms with van der Waals surface area (Å²) in [7, 11) is 0. The molecule has 122 valence electrons. The zero-order valence-corrected chi connectivity index (χ0v) is 14.2. The molecule has 2 rings (SSSR count). The number of hydrogen-bond donors (Lipinski definition) is 2. The second kappa shape index (κ2) is 7.37. The van der Waals surface area contributed by atoms with Crippen molar-refractivity contribution in [3.8, 4) is 0 Å². The number of aromatic nitrogens is 1. The molecule has 0 saturated heterocycles. The molecule has 0 fully saturated rings. The van der Waals surface area contributed by atoms with Gasteiger partial charge in [-0.25, -0.2) is 9.78 Å². The number of carbonyl (C=O) groups is 2. The van der Waals surface area contributed by atoms with E-state index in [0.29, 0.717) is 11.3 Å². The van der Waals surface area contributed by atoms with Crippen LogP contribution in [-0.2, 0) is 22.4 Å². The molecule has 0 aliphatic heterocycles. The Morgan fingerprint density at radius 1 is 1.35 bits per heavy atom. The van der Waals surface area contributed by atoms with Gasteiger partial charge in [-0.05, 0) is 37.0 Å². The van der Waals surface area contributed by atoms with E-state index in [2.05, 4.69) is 10.3 Å². The summed E-state index contributed by atoms with van der Waals surface area (Å²) in [5.41, 5.74) is 3.16. The minimum absolute atomic E-state index is 0.0884. The molecule has 2 N–H and O–H groups in total. The number of carbonyl (C=O) groups excluding carboxylic acids is 1. The van der Waals surface area contributed by atoms with Gasteiger partial charge in [-0.3, -0.25) is 4.79 Å². The summed E-state index contributed by atoms with van der Waals surface area (Å²) in [6.07, 6.45) is 0.914. The molecule has 0 radical (unpaired) electrons. The van der Waals surface area contributed by atoms with E-state index in [1.807, 2.05) is 32.2 Å². The predicted octanol–water partition coefficient (Wildman–Crippen LogP) is 2.81. The maximum Gasteiger partial charge on any atom is 0.330 e. The van der Waals surface area contributed by atoms with Gasteiger partial charge < -0.3 is 10.4 Å². The summed E-state index contributed by atoms with van der Waals surface area (Å²) in [5.74, 6) is -1.41. The van der Waals surface area contributed by atoms with Crippen LogP contribution in [0.15, 0.2) is 23.6 Å². The molecule has 0 bridgehead atoms. The maximum absolute atomic E-state index is 12.2. The average Bonchev–Trinajstić information content (AvgIpc) is 2.95. The number of hydrogen-bond acceptors (Lipinski definition) is 4. The third kappa shape index (κ3) is 4.16. The minimum Gasteiger partial charge on any atom is -0.479 e. The highest BCUT2D eigenvalue weighted by atomic mass is 32.1. The fraction of sp³-hybridized carbons (Fsp3) is 0.353. The fourth-order valence-corrected chi connectivity index (χ4v) is 3.07. The van der Waals surface area contributed by atoms with Crippen molar-refractivity contribution in [1.82, 2.24) is 10.3 Å². The lowest BCUT2D eigenvalue weighted by Gasteiger charge is -2.18. The molecule has 1 amide bonds. The van der Waals surface area contributed by atoms with Gasteiger partial charge in [0.05, 0.1) is 17.1 Å². The smallest absolute Gasteiger partial charge is 0.330 e. The molecule has 1 heterocycles. The first-order chi connectivity index (χ1) is 10.9. The molecule has 2 aromatic rings. The number of carboxylic acids is 1. The van der Waals surface area contributed by atoms with Crippen LogP contribution in [0.4, 0.5) is 0 Å². The molecular weight excluding hydrogens is 312 g/mol. The number of amides is 1. The number of thiazole rings is 1. The van der Waals surface area contributed by atoms with Crippen molar-refractivity contribution < 1.29 is 14.7 Å². The molecule has 1 unspecified atom stereocenters. The topological polar surface area (TPSA) is 79.3 Å². The number of aliphatic carboxylic acids is 1. The molecule has 1 atom stereocenters. The van der Waals surface area contributed by atoms with Gasteiger partial charge >= 0.3 is 5.97 Å². The zero-order valence-electron chi connectivity index (χ0n) is 13.4. The highest BCUT2D eigenvalue weighted by Gasteiger charge is 2.24. The van der Waals surface area contributed by atoms with Crippen LogP contribution in [0, 0.1) is 13.8 Å². The Balaban J connectivity index is 2.14. The summed E-state index contributed by atoms with van der Waals surface area (Å²) in [4.78, 5) is 28.1. The Hall–Kier alpha value is -2.21. The molecule has 0 saturated carbocycles. The first kappa shape index (κ1) is 17.1. The number of nitrogens with one attached hydrogen (secondary N) is 1. The van der Waals surface area contributed by atoms with Crippen molar-refractivity contribution in [3.05, 3.63) is 51.0 Å². The summed E-state index contributed by atoms with van der Waals surface area (Å²) < 4.78 is 0. The largest absolute Gasteiger partial charge is 0.479 e. The third-order valence-electron chi connectivity index (χ3n) is 3.75. The average molecular weight is 332 g/mol. The second-order valence-electron chi connectivity index (χ2n) is 5.39. The van der Waals surface area contributed by atoms with Crippen molar-refractivity contribution in [1.29, 1.82) is 0 Å². The van der Waals surface area contributed by atoms with E-state index < -0.39 is 12.0 Å². The van der Waals surface area contributed by atoms with Crippen LogP contribution in [0.5, 0.6) is 0 Å². The number of nitrogens with zero attached hydrogens (tertiary/aromatic N) is 1. The van der Waals surface area contributed by atoms with E-state index in [9.17, 15) is 14.7 Å². The normalized spacial score (nSPS) is 12.0. The molecule has 5 nitrogen and oxygen atoms in total. The first-order valence-electron chi connectivity index (χ1n) is 7.44. The van der Waals surface area contributed by atoms with E-state index in [1.54, 1.807) is 12.1 Å². The second-order valence-corrected chi connectivity index (χ2v) is 6.33. The molecule has 1 aromatic heterocycles. The third-order valence-corrected chi connectivity index (χ3v) is 4.80. The van der Waals surface area contributed by atoms with Crippen LogP contribution in [0.25, 0.3) is 0 Å². The van der Waals surface area contributed by atoms with Gasteiger partial charge in [-0.15, -0.1) is 11.3 Å². The summed E-state index contributed by atoms with van der Waals surface area (Å²) in [6, 6.07) is 4.40. The van der Waals surface area contributed by atoms with Crippen LogP contribution < -0.4 is 5.32 Å². The lowest BCUT2D eigenvalue weighted by atomic mass is 9.97. The zero-order chi connectivity index (χ0) is 17.0. The SMILES string of the molecule is CCc1nc(CC(=O)NC(C(=O)O)c2cccc(C)c2C)cs1. The minimum atomic E-state index is -1.07. The summed E-state index contributed by atoms with van der Waals surface area (Å²) >= 11 is 1.51. The van der Waals surface area contributed by atoms with E-state index in [1.165, 1.54) is 11.3 Å². The monoisotopic (exact) mass is 332 g/mol. The molecule has 0 spiro atoms. The Labute approximate surface area is 139 Å². The number of benzene rings is 1. The van der Waals surface area contributed by atoms with Crippen LogP contribution in [0.2, 0.25) is 0 Å². The van der Waals surface area contributed by atoms with Gasteiger partial charge in [-0.2, -0.15) is 0 Å². The highest BCUT2D eigenvalue weighted by molar-refractivity contribution is 7.09.